The smallest absolute Gasteiger partial charge is 0.227 e. The van der Waals surface area contributed by atoms with E-state index in [0.29, 0.717) is 29.8 Å². The highest BCUT2D eigenvalue weighted by atomic mass is 35.5. The van der Waals surface area contributed by atoms with Crippen molar-refractivity contribution < 1.29 is 9.53 Å². The quantitative estimate of drug-likeness (QED) is 0.907. The summed E-state index contributed by atoms with van der Waals surface area (Å²) in [5.41, 5.74) is 1.07. The van der Waals surface area contributed by atoms with Gasteiger partial charge in [0.2, 0.25) is 5.91 Å². The normalized spacial score (nSPS) is 27.0. The van der Waals surface area contributed by atoms with Crippen LogP contribution >= 0.6 is 23.2 Å². The van der Waals surface area contributed by atoms with E-state index in [9.17, 15) is 4.79 Å². The molecule has 2 heterocycles. The van der Waals surface area contributed by atoms with E-state index in [2.05, 4.69) is 10.2 Å². The Hall–Kier alpha value is -0.810. The molecule has 2 atom stereocenters. The number of hydrogen-bond acceptors (Lipinski definition) is 3. The van der Waals surface area contributed by atoms with E-state index in [-0.39, 0.29) is 17.9 Å². The van der Waals surface area contributed by atoms with Crippen LogP contribution in [0.1, 0.15) is 5.56 Å². The summed E-state index contributed by atoms with van der Waals surface area (Å²) >= 11 is 12.1. The van der Waals surface area contributed by atoms with Gasteiger partial charge in [-0.25, -0.2) is 0 Å². The lowest BCUT2D eigenvalue weighted by Gasteiger charge is -2.27. The fourth-order valence-electron chi connectivity index (χ4n) is 2.81. The van der Waals surface area contributed by atoms with Crippen molar-refractivity contribution >= 4 is 29.1 Å². The Kier molecular flexibility index (Phi) is 4.17. The summed E-state index contributed by atoms with van der Waals surface area (Å²) in [4.78, 5) is 14.2. The molecule has 20 heavy (non-hydrogen) atoms. The molecule has 1 N–H and O–H groups in total. The molecule has 4 nitrogen and oxygen atoms in total. The van der Waals surface area contributed by atoms with E-state index in [1.807, 2.05) is 12.1 Å². The van der Waals surface area contributed by atoms with Crippen molar-refractivity contribution in [1.29, 1.82) is 0 Å². The van der Waals surface area contributed by atoms with Crippen LogP contribution in [0.15, 0.2) is 18.2 Å². The molecule has 108 valence electrons. The van der Waals surface area contributed by atoms with Crippen molar-refractivity contribution in [3.8, 4) is 0 Å². The van der Waals surface area contributed by atoms with Gasteiger partial charge in [0.05, 0.1) is 25.2 Å². The molecule has 0 radical (unpaired) electrons. The predicted octanol–water partition coefficient (Wildman–Crippen LogP) is 1.94. The van der Waals surface area contributed by atoms with Gasteiger partial charge in [0.25, 0.3) is 0 Å². The Morgan fingerprint density at radius 3 is 2.70 bits per heavy atom. The third kappa shape index (κ3) is 3.26. The second-order valence-corrected chi connectivity index (χ2v) is 6.28. The number of amides is 1. The van der Waals surface area contributed by atoms with Gasteiger partial charge in [-0.05, 0) is 23.8 Å². The van der Waals surface area contributed by atoms with E-state index in [0.717, 1.165) is 18.7 Å². The number of hydrogen-bond donors (Lipinski definition) is 1. The van der Waals surface area contributed by atoms with Gasteiger partial charge in [0.1, 0.15) is 0 Å². The Labute approximate surface area is 128 Å². The zero-order chi connectivity index (χ0) is 14.1. The first-order valence-corrected chi connectivity index (χ1v) is 7.41. The molecule has 3 rings (SSSR count). The molecule has 0 unspecified atom stereocenters. The third-order valence-corrected chi connectivity index (χ3v) is 4.08. The highest BCUT2D eigenvalue weighted by Crippen LogP contribution is 2.22. The van der Waals surface area contributed by atoms with Gasteiger partial charge in [-0.1, -0.05) is 23.2 Å². The number of nitrogens with zero attached hydrogens (tertiary/aromatic N) is 1. The van der Waals surface area contributed by atoms with Crippen LogP contribution < -0.4 is 5.32 Å². The van der Waals surface area contributed by atoms with Gasteiger partial charge in [-0.15, -0.1) is 0 Å². The van der Waals surface area contributed by atoms with Crippen LogP contribution in [0, 0.1) is 5.92 Å². The summed E-state index contributed by atoms with van der Waals surface area (Å²) in [6.07, 6.45) is 0. The zero-order valence-corrected chi connectivity index (χ0v) is 12.5. The van der Waals surface area contributed by atoms with Crippen molar-refractivity contribution in [2.24, 2.45) is 5.92 Å². The second kappa shape index (κ2) is 5.90. The maximum atomic E-state index is 11.9. The van der Waals surface area contributed by atoms with Crippen LogP contribution in [0.3, 0.4) is 0 Å². The molecule has 2 aliphatic rings. The van der Waals surface area contributed by atoms with Crippen LogP contribution in [0.5, 0.6) is 0 Å². The van der Waals surface area contributed by atoms with Crippen molar-refractivity contribution in [2.75, 3.05) is 26.3 Å². The minimum absolute atomic E-state index is 0.0599. The average Bonchev–Trinajstić information content (AvgIpc) is 2.56. The Morgan fingerprint density at radius 1 is 1.20 bits per heavy atom. The number of fused-ring (bicyclic) bond motifs is 3. The highest BCUT2D eigenvalue weighted by Gasteiger charge is 2.33. The van der Waals surface area contributed by atoms with Gasteiger partial charge >= 0.3 is 0 Å². The maximum absolute atomic E-state index is 11.9. The fourth-order valence-corrected chi connectivity index (χ4v) is 3.38. The Morgan fingerprint density at radius 2 is 1.95 bits per heavy atom. The van der Waals surface area contributed by atoms with E-state index < -0.39 is 0 Å². The van der Waals surface area contributed by atoms with Crippen LogP contribution in [0.25, 0.3) is 0 Å². The molecule has 0 aliphatic carbocycles. The SMILES string of the molecule is O=C1N[C@@H]2COC[C@H]1CN(Cc1cc(Cl)cc(Cl)c1)C2. The number of carbonyl (C=O) groups excluding carboxylic acids is 1. The molecule has 6 heteroatoms. The molecule has 0 spiro atoms. The van der Waals surface area contributed by atoms with E-state index in [4.69, 9.17) is 27.9 Å². The average molecular weight is 315 g/mol. The molecule has 2 bridgehead atoms. The molecular formula is C14H16Cl2N2O2. The molecule has 2 aliphatic heterocycles. The van der Waals surface area contributed by atoms with Gasteiger partial charge in [-0.3, -0.25) is 9.69 Å². The summed E-state index contributed by atoms with van der Waals surface area (Å²) in [6, 6.07) is 5.62. The molecule has 1 amide bonds. The van der Waals surface area contributed by atoms with Crippen LogP contribution in [0.2, 0.25) is 10.0 Å². The van der Waals surface area contributed by atoms with E-state index >= 15 is 0 Å². The molecular weight excluding hydrogens is 299 g/mol. The molecule has 1 aromatic rings. The molecule has 1 aromatic carbocycles. The monoisotopic (exact) mass is 314 g/mol. The minimum atomic E-state index is -0.0999. The standard InChI is InChI=1S/C14H16Cl2N2O2/c15-11-1-9(2-12(16)3-11)4-18-5-10-7-20-8-13(6-18)17-14(10)19/h1-3,10,13H,4-8H2,(H,17,19)/t10-,13+/m1/s1. The second-order valence-electron chi connectivity index (χ2n) is 5.41. The number of nitrogens with one attached hydrogen (secondary N) is 1. The molecule has 2 saturated heterocycles. The van der Waals surface area contributed by atoms with Gasteiger partial charge in [0, 0.05) is 29.7 Å². The summed E-state index contributed by atoms with van der Waals surface area (Å²) in [6.45, 7) is 3.30. The summed E-state index contributed by atoms with van der Waals surface area (Å²) in [5, 5.41) is 4.30. The number of rotatable bonds is 2. The lowest BCUT2D eigenvalue weighted by atomic mass is 10.1. The molecule has 0 saturated carbocycles. The number of halogens is 2. The predicted molar refractivity (Wildman–Crippen MR) is 78.0 cm³/mol. The number of carbonyl (C=O) groups is 1. The van der Waals surface area contributed by atoms with Crippen molar-refractivity contribution in [3.05, 3.63) is 33.8 Å². The highest BCUT2D eigenvalue weighted by molar-refractivity contribution is 6.34. The van der Waals surface area contributed by atoms with Gasteiger partial charge in [-0.2, -0.15) is 0 Å². The topological polar surface area (TPSA) is 41.6 Å². The lowest BCUT2D eigenvalue weighted by Crippen LogP contribution is -2.41. The van der Waals surface area contributed by atoms with Crippen LogP contribution in [-0.2, 0) is 16.1 Å². The first-order chi connectivity index (χ1) is 9.60. The van der Waals surface area contributed by atoms with Crippen LogP contribution in [-0.4, -0.2) is 43.2 Å². The van der Waals surface area contributed by atoms with Gasteiger partial charge in [0.15, 0.2) is 0 Å². The number of ether oxygens (including phenoxy) is 1. The van der Waals surface area contributed by atoms with E-state index in [1.165, 1.54) is 0 Å². The van der Waals surface area contributed by atoms with Gasteiger partial charge < -0.3 is 10.1 Å². The molecule has 2 fully saturated rings. The zero-order valence-electron chi connectivity index (χ0n) is 10.9. The van der Waals surface area contributed by atoms with Crippen LogP contribution in [0.4, 0.5) is 0 Å². The third-order valence-electron chi connectivity index (χ3n) is 3.64. The Balaban J connectivity index is 1.75. The summed E-state index contributed by atoms with van der Waals surface area (Å²) in [5.74, 6) is -0.00344. The largest absolute Gasteiger partial charge is 0.378 e. The fraction of sp³-hybridized carbons (Fsp3) is 0.500. The lowest BCUT2D eigenvalue weighted by molar-refractivity contribution is -0.125. The van der Waals surface area contributed by atoms with Crippen molar-refractivity contribution in [2.45, 2.75) is 12.6 Å². The van der Waals surface area contributed by atoms with Crippen molar-refractivity contribution in [3.63, 3.8) is 0 Å². The minimum Gasteiger partial charge on any atom is -0.378 e. The Bertz CT molecular complexity index is 504. The molecule has 0 aromatic heterocycles. The number of benzene rings is 1. The summed E-state index contributed by atoms with van der Waals surface area (Å²) in [7, 11) is 0. The van der Waals surface area contributed by atoms with E-state index in [1.54, 1.807) is 6.07 Å². The maximum Gasteiger partial charge on any atom is 0.227 e. The summed E-state index contributed by atoms with van der Waals surface area (Å²) < 4.78 is 5.52. The first kappa shape index (κ1) is 14.1. The first-order valence-electron chi connectivity index (χ1n) is 6.65. The van der Waals surface area contributed by atoms with Crippen molar-refractivity contribution in [1.82, 2.24) is 10.2 Å².